The summed E-state index contributed by atoms with van der Waals surface area (Å²) in [6, 6.07) is 13.5. The monoisotopic (exact) mass is 736 g/mol. The number of likely N-dealkylation sites (tertiary alicyclic amines) is 1. The number of carbonyl (C=O) groups excluding carboxylic acids is 2. The van der Waals surface area contributed by atoms with Gasteiger partial charge in [-0.05, 0) is 61.8 Å². The molecule has 3 amide bonds. The van der Waals surface area contributed by atoms with Crippen LogP contribution in [0.2, 0.25) is 10.0 Å². The lowest BCUT2D eigenvalue weighted by molar-refractivity contribution is 0.103. The molecule has 2 aliphatic rings. The van der Waals surface area contributed by atoms with Gasteiger partial charge in [-0.1, -0.05) is 41.8 Å². The molecule has 258 valence electrons. The Balaban J connectivity index is 1.12. The number of methoxy groups -OCH3 is 1. The smallest absolute Gasteiger partial charge is 0.332 e. The molecule has 11 nitrogen and oxygen atoms in total. The normalized spacial score (nSPS) is 14.4. The third kappa shape index (κ3) is 6.99. The van der Waals surface area contributed by atoms with Crippen molar-refractivity contribution < 1.29 is 28.2 Å². The van der Waals surface area contributed by atoms with Crippen molar-refractivity contribution in [2.75, 3.05) is 48.9 Å². The number of piperidine rings is 1. The molecule has 50 heavy (non-hydrogen) atoms. The minimum atomic E-state index is -0.613. The lowest BCUT2D eigenvalue weighted by atomic mass is 10.1. The number of amides is 3. The summed E-state index contributed by atoms with van der Waals surface area (Å²) in [4.78, 5) is 40.5. The zero-order chi connectivity index (χ0) is 34.8. The van der Waals surface area contributed by atoms with E-state index in [1.54, 1.807) is 37.4 Å². The van der Waals surface area contributed by atoms with Gasteiger partial charge in [0.1, 0.15) is 40.8 Å². The number of ether oxygens (including phenoxy) is 3. The highest BCUT2D eigenvalue weighted by Crippen LogP contribution is 2.47. The number of nitrogens with zero attached hydrogens (tertiary/aromatic N) is 4. The lowest BCUT2D eigenvalue weighted by Crippen LogP contribution is -2.35. The highest BCUT2D eigenvalue weighted by atomic mass is 35.5. The van der Waals surface area contributed by atoms with E-state index in [1.165, 1.54) is 54.8 Å². The molecule has 2 N–H and O–H groups in total. The summed E-state index contributed by atoms with van der Waals surface area (Å²) in [6.45, 7) is 3.55. The van der Waals surface area contributed by atoms with E-state index in [4.69, 9.17) is 37.4 Å². The van der Waals surface area contributed by atoms with Gasteiger partial charge in [0.25, 0.3) is 5.91 Å². The summed E-state index contributed by atoms with van der Waals surface area (Å²) >= 11 is 14.1. The molecule has 1 saturated heterocycles. The molecule has 7 rings (SSSR count). The maximum Gasteiger partial charge on any atom is 0.332 e. The SMILES string of the molecule is COc1cc(NC(=O)c2sc3ncnc4c3c2NC(=O)N4c2cc(OCc3cccc(F)c3)c(Cl)cc2Cl)ccc1OCCN1CCCCC1. The number of aromatic nitrogens is 2. The summed E-state index contributed by atoms with van der Waals surface area (Å²) < 4.78 is 31.2. The third-order valence-electron chi connectivity index (χ3n) is 8.38. The number of thiophene rings is 1. The minimum Gasteiger partial charge on any atom is -0.493 e. The fourth-order valence-corrected chi connectivity index (χ4v) is 7.47. The highest BCUT2D eigenvalue weighted by Gasteiger charge is 2.35. The molecule has 0 saturated carbocycles. The Morgan fingerprint density at radius 2 is 1.84 bits per heavy atom. The topological polar surface area (TPSA) is 118 Å². The number of halogens is 3. The van der Waals surface area contributed by atoms with Crippen LogP contribution >= 0.6 is 34.5 Å². The standard InChI is InChI=1S/C35H31Cl2FN6O5S/c1-47-28-15-22(8-9-26(28)48-13-12-43-10-3-2-4-11-43)41-33(45)31-30-29-32(39-19-40-34(29)50-31)44(35(46)42-30)25-17-27(24(37)16-23(25)36)49-18-20-6-5-7-21(38)14-20/h5-9,14-17,19H,2-4,10-13,18H2,1H3,(H,41,45)(H,42,46). The Kier molecular flexibility index (Phi) is 9.90. The van der Waals surface area contributed by atoms with Gasteiger partial charge in [-0.25, -0.2) is 24.1 Å². The first-order valence-corrected chi connectivity index (χ1v) is 17.5. The summed E-state index contributed by atoms with van der Waals surface area (Å²) in [5, 5.41) is 6.54. The van der Waals surface area contributed by atoms with Gasteiger partial charge >= 0.3 is 6.03 Å². The first-order valence-electron chi connectivity index (χ1n) is 15.9. The molecule has 1 fully saturated rings. The van der Waals surface area contributed by atoms with Gasteiger partial charge in [0.15, 0.2) is 17.3 Å². The molecule has 3 aromatic carbocycles. The van der Waals surface area contributed by atoms with Crippen molar-refractivity contribution >= 4 is 79.6 Å². The summed E-state index contributed by atoms with van der Waals surface area (Å²) in [5.74, 6) is 0.648. The van der Waals surface area contributed by atoms with Gasteiger partial charge in [-0.3, -0.25) is 9.69 Å². The molecule has 0 spiro atoms. The first-order chi connectivity index (χ1) is 24.3. The van der Waals surface area contributed by atoms with Crippen molar-refractivity contribution in [3.63, 3.8) is 0 Å². The van der Waals surface area contributed by atoms with Crippen LogP contribution in [0.4, 0.5) is 32.1 Å². The number of rotatable bonds is 11. The number of urea groups is 1. The largest absolute Gasteiger partial charge is 0.493 e. The molecule has 0 bridgehead atoms. The number of hydrogen-bond donors (Lipinski definition) is 2. The predicted molar refractivity (Wildman–Crippen MR) is 192 cm³/mol. The van der Waals surface area contributed by atoms with E-state index in [9.17, 15) is 14.0 Å². The van der Waals surface area contributed by atoms with Crippen molar-refractivity contribution in [1.82, 2.24) is 14.9 Å². The van der Waals surface area contributed by atoms with Gasteiger partial charge in [0, 0.05) is 24.4 Å². The molecule has 0 atom stereocenters. The number of anilines is 4. The summed E-state index contributed by atoms with van der Waals surface area (Å²) in [6.07, 6.45) is 5.01. The fraction of sp³-hybridized carbons (Fsp3) is 0.257. The zero-order valence-corrected chi connectivity index (χ0v) is 29.1. The van der Waals surface area contributed by atoms with Gasteiger partial charge < -0.3 is 24.8 Å². The van der Waals surface area contributed by atoms with E-state index in [0.29, 0.717) is 39.6 Å². The lowest BCUT2D eigenvalue weighted by Gasteiger charge is -2.28. The average molecular weight is 738 g/mol. The Morgan fingerprint density at radius 3 is 2.64 bits per heavy atom. The second kappa shape index (κ2) is 14.7. The first kappa shape index (κ1) is 33.8. The van der Waals surface area contributed by atoms with Crippen LogP contribution in [-0.2, 0) is 6.61 Å². The van der Waals surface area contributed by atoms with E-state index < -0.39 is 17.8 Å². The fourth-order valence-electron chi connectivity index (χ4n) is 5.96. The highest BCUT2D eigenvalue weighted by molar-refractivity contribution is 7.21. The molecule has 2 aromatic heterocycles. The van der Waals surface area contributed by atoms with Crippen molar-refractivity contribution in [2.24, 2.45) is 0 Å². The van der Waals surface area contributed by atoms with Gasteiger partial charge in [0.05, 0.1) is 33.9 Å². The molecular formula is C35H31Cl2FN6O5S. The Hall–Kier alpha value is -4.69. The molecule has 5 aromatic rings. The second-order valence-corrected chi connectivity index (χ2v) is 13.5. The van der Waals surface area contributed by atoms with Crippen LogP contribution in [0.5, 0.6) is 17.2 Å². The van der Waals surface area contributed by atoms with Gasteiger partial charge in [-0.15, -0.1) is 11.3 Å². The van der Waals surface area contributed by atoms with E-state index in [-0.39, 0.29) is 44.5 Å². The Bertz CT molecular complexity index is 2090. The zero-order valence-electron chi connectivity index (χ0n) is 26.8. The number of benzene rings is 3. The minimum absolute atomic E-state index is 0.0238. The van der Waals surface area contributed by atoms with Crippen molar-refractivity contribution in [2.45, 2.75) is 25.9 Å². The van der Waals surface area contributed by atoms with E-state index in [0.717, 1.165) is 31.0 Å². The molecule has 15 heteroatoms. The maximum absolute atomic E-state index is 13.7. The van der Waals surface area contributed by atoms with Crippen molar-refractivity contribution in [3.05, 3.63) is 87.2 Å². The van der Waals surface area contributed by atoms with Crippen molar-refractivity contribution in [3.8, 4) is 17.2 Å². The second-order valence-electron chi connectivity index (χ2n) is 11.7. The molecular weight excluding hydrogens is 706 g/mol. The van der Waals surface area contributed by atoms with Crippen LogP contribution in [0.3, 0.4) is 0 Å². The Morgan fingerprint density at radius 1 is 1.00 bits per heavy atom. The molecule has 0 unspecified atom stereocenters. The van der Waals surface area contributed by atoms with Crippen LogP contribution in [0.25, 0.3) is 10.2 Å². The van der Waals surface area contributed by atoms with Crippen LogP contribution in [0, 0.1) is 5.82 Å². The molecule has 0 radical (unpaired) electrons. The predicted octanol–water partition coefficient (Wildman–Crippen LogP) is 8.53. The van der Waals surface area contributed by atoms with Crippen molar-refractivity contribution in [1.29, 1.82) is 0 Å². The van der Waals surface area contributed by atoms with E-state index >= 15 is 0 Å². The van der Waals surface area contributed by atoms with Crippen LogP contribution in [-0.4, -0.2) is 60.2 Å². The van der Waals surface area contributed by atoms with Gasteiger partial charge in [0.2, 0.25) is 0 Å². The van der Waals surface area contributed by atoms with E-state index in [2.05, 4.69) is 25.5 Å². The summed E-state index contributed by atoms with van der Waals surface area (Å²) in [5.41, 5.74) is 1.58. The maximum atomic E-state index is 13.7. The quantitative estimate of drug-likeness (QED) is 0.139. The molecule has 0 aliphatic carbocycles. The van der Waals surface area contributed by atoms with E-state index in [1.807, 2.05) is 0 Å². The number of hydrogen-bond acceptors (Lipinski definition) is 9. The number of nitrogens with one attached hydrogen (secondary N) is 2. The molecule has 2 aliphatic heterocycles. The summed E-state index contributed by atoms with van der Waals surface area (Å²) in [7, 11) is 1.54. The van der Waals surface area contributed by atoms with Gasteiger partial charge in [-0.2, -0.15) is 0 Å². The van der Waals surface area contributed by atoms with Crippen LogP contribution < -0.4 is 29.7 Å². The molecule has 4 heterocycles. The van der Waals surface area contributed by atoms with Crippen LogP contribution in [0.1, 0.15) is 34.5 Å². The average Bonchev–Trinajstić information content (AvgIpc) is 3.49. The third-order valence-corrected chi connectivity index (χ3v) is 10.1. The van der Waals surface area contributed by atoms with Crippen LogP contribution in [0.15, 0.2) is 60.9 Å². The Labute approximate surface area is 300 Å². The number of carbonyl (C=O) groups is 2.